The summed E-state index contributed by atoms with van der Waals surface area (Å²) in [7, 11) is 0. The molecule has 4 aliphatic rings. The van der Waals surface area contributed by atoms with Gasteiger partial charge in [-0.15, -0.1) is 0 Å². The van der Waals surface area contributed by atoms with Gasteiger partial charge in [0.05, 0.1) is 6.10 Å². The molecular weight excluding hydrogens is 316 g/mol. The van der Waals surface area contributed by atoms with Crippen molar-refractivity contribution in [3.05, 3.63) is 36.0 Å². The van der Waals surface area contributed by atoms with Crippen LogP contribution in [0.25, 0.3) is 0 Å². The Bertz CT molecular complexity index is 747. The highest BCUT2D eigenvalue weighted by Gasteiger charge is 2.68. The molecule has 0 saturated heterocycles. The molecule has 7 atom stereocenters. The average Bonchev–Trinajstić information content (AvgIpc) is 2.77. The quantitative estimate of drug-likeness (QED) is 0.767. The second-order valence-electron chi connectivity index (χ2n) is 8.80. The van der Waals surface area contributed by atoms with Crippen molar-refractivity contribution in [2.24, 2.45) is 28.6 Å². The maximum atomic E-state index is 12.2. The number of Topliss-reactive ketones (excluding diaryl/α,β-unsaturated/α-hetero) is 1. The number of aliphatic hydroxyl groups is 2. The molecule has 2 N–H and O–H groups in total. The molecule has 25 heavy (non-hydrogen) atoms. The molecular formula is C21H26O4. The highest BCUT2D eigenvalue weighted by molar-refractivity contribution is 6.01. The van der Waals surface area contributed by atoms with Crippen molar-refractivity contribution in [1.29, 1.82) is 0 Å². The van der Waals surface area contributed by atoms with Crippen LogP contribution >= 0.6 is 0 Å². The lowest BCUT2D eigenvalue weighted by Crippen LogP contribution is -2.59. The van der Waals surface area contributed by atoms with Gasteiger partial charge >= 0.3 is 0 Å². The third kappa shape index (κ3) is 1.90. The fourth-order valence-electron chi connectivity index (χ4n) is 6.31. The SMILES string of the molecule is CC(=O)[C@@]1(O)[C@H](O)C[C@H]2[C@@H]3C=CC4=CC(=O)C=C[C@]4(C)[C@H]3CC[C@@]21C. The van der Waals surface area contributed by atoms with Crippen LogP contribution in [0, 0.1) is 28.6 Å². The number of ketones is 2. The van der Waals surface area contributed by atoms with E-state index in [-0.39, 0.29) is 28.8 Å². The first-order valence-corrected chi connectivity index (χ1v) is 9.19. The van der Waals surface area contributed by atoms with Gasteiger partial charge in [-0.3, -0.25) is 9.59 Å². The van der Waals surface area contributed by atoms with Crippen molar-refractivity contribution >= 4 is 11.6 Å². The standard InChI is InChI=1S/C21H26O4/c1-12(22)21(25)18(24)11-17-15-5-4-13-10-14(23)6-8-19(13,2)16(15)7-9-20(17,21)3/h4-6,8,10,15-18,24-25H,7,9,11H2,1-3H3/t15-,16+,17+,18-,19+,20+,21-/m1/s1. The van der Waals surface area contributed by atoms with Gasteiger partial charge in [-0.05, 0) is 61.7 Å². The monoisotopic (exact) mass is 342 g/mol. The highest BCUT2D eigenvalue weighted by atomic mass is 16.4. The molecule has 4 rings (SSSR count). The predicted molar refractivity (Wildman–Crippen MR) is 93.5 cm³/mol. The molecule has 0 aliphatic heterocycles. The largest absolute Gasteiger partial charge is 0.390 e. The zero-order valence-corrected chi connectivity index (χ0v) is 15.0. The van der Waals surface area contributed by atoms with E-state index < -0.39 is 17.1 Å². The van der Waals surface area contributed by atoms with E-state index in [1.54, 1.807) is 12.2 Å². The van der Waals surface area contributed by atoms with Gasteiger partial charge in [0.25, 0.3) is 0 Å². The van der Waals surface area contributed by atoms with Gasteiger partial charge in [-0.25, -0.2) is 0 Å². The fourth-order valence-corrected chi connectivity index (χ4v) is 6.31. The Kier molecular flexibility index (Phi) is 3.39. The number of hydrogen-bond acceptors (Lipinski definition) is 4. The molecule has 4 nitrogen and oxygen atoms in total. The topological polar surface area (TPSA) is 74.6 Å². The fraction of sp³-hybridized carbons (Fsp3) is 0.619. The molecule has 2 fully saturated rings. The normalized spacial score (nSPS) is 50.8. The van der Waals surface area contributed by atoms with Crippen LogP contribution in [-0.2, 0) is 9.59 Å². The lowest BCUT2D eigenvalue weighted by Gasteiger charge is -2.55. The molecule has 0 aromatic heterocycles. The zero-order valence-electron chi connectivity index (χ0n) is 15.0. The Morgan fingerprint density at radius 2 is 1.96 bits per heavy atom. The van der Waals surface area contributed by atoms with E-state index in [9.17, 15) is 19.8 Å². The zero-order chi connectivity index (χ0) is 18.2. The predicted octanol–water partition coefficient (Wildman–Crippen LogP) is 2.36. The number of carbonyl (C=O) groups is 2. The Balaban J connectivity index is 1.79. The first kappa shape index (κ1) is 16.9. The van der Waals surface area contributed by atoms with E-state index >= 15 is 0 Å². The molecule has 0 aromatic carbocycles. The highest BCUT2D eigenvalue weighted by Crippen LogP contribution is 2.65. The summed E-state index contributed by atoms with van der Waals surface area (Å²) in [6, 6.07) is 0. The van der Waals surface area contributed by atoms with E-state index in [2.05, 4.69) is 13.0 Å². The van der Waals surface area contributed by atoms with E-state index in [1.807, 2.05) is 19.1 Å². The molecule has 134 valence electrons. The third-order valence-corrected chi connectivity index (χ3v) is 7.87. The van der Waals surface area contributed by atoms with Gasteiger partial charge in [-0.2, -0.15) is 0 Å². The first-order chi connectivity index (χ1) is 11.6. The average molecular weight is 342 g/mol. The molecule has 0 heterocycles. The molecule has 0 amide bonds. The van der Waals surface area contributed by atoms with Crippen LogP contribution in [0.2, 0.25) is 0 Å². The number of allylic oxidation sites excluding steroid dienone is 6. The number of hydrogen-bond donors (Lipinski definition) is 2. The number of fused-ring (bicyclic) bond motifs is 5. The van der Waals surface area contributed by atoms with Crippen molar-refractivity contribution in [3.63, 3.8) is 0 Å². The van der Waals surface area contributed by atoms with Gasteiger partial charge in [0, 0.05) is 10.8 Å². The molecule has 0 radical (unpaired) electrons. The molecule has 4 aliphatic carbocycles. The minimum atomic E-state index is -1.66. The van der Waals surface area contributed by atoms with Gasteiger partial charge in [-0.1, -0.05) is 32.1 Å². The Labute approximate surface area is 148 Å². The van der Waals surface area contributed by atoms with Crippen LogP contribution in [0.15, 0.2) is 36.0 Å². The van der Waals surface area contributed by atoms with Crippen molar-refractivity contribution in [2.45, 2.75) is 51.7 Å². The van der Waals surface area contributed by atoms with Gasteiger partial charge in [0.2, 0.25) is 0 Å². The Morgan fingerprint density at radius 1 is 1.24 bits per heavy atom. The summed E-state index contributed by atoms with van der Waals surface area (Å²) in [6.45, 7) is 5.53. The lowest BCUT2D eigenvalue weighted by molar-refractivity contribution is -0.170. The second kappa shape index (κ2) is 5.01. The van der Waals surface area contributed by atoms with E-state index in [1.165, 1.54) is 6.92 Å². The van der Waals surface area contributed by atoms with Crippen LogP contribution in [-0.4, -0.2) is 33.5 Å². The van der Waals surface area contributed by atoms with Crippen LogP contribution in [0.5, 0.6) is 0 Å². The van der Waals surface area contributed by atoms with Crippen molar-refractivity contribution in [1.82, 2.24) is 0 Å². The number of carbonyl (C=O) groups excluding carboxylic acids is 2. The van der Waals surface area contributed by atoms with Crippen LogP contribution < -0.4 is 0 Å². The summed E-state index contributed by atoms with van der Waals surface area (Å²) in [5, 5.41) is 21.7. The van der Waals surface area contributed by atoms with Crippen molar-refractivity contribution < 1.29 is 19.8 Å². The van der Waals surface area contributed by atoms with Gasteiger partial charge in [0.1, 0.15) is 0 Å². The molecule has 0 unspecified atom stereocenters. The Morgan fingerprint density at radius 3 is 2.64 bits per heavy atom. The van der Waals surface area contributed by atoms with Gasteiger partial charge in [0.15, 0.2) is 17.2 Å². The second-order valence-corrected chi connectivity index (χ2v) is 8.80. The van der Waals surface area contributed by atoms with E-state index in [4.69, 9.17) is 0 Å². The summed E-state index contributed by atoms with van der Waals surface area (Å²) in [5.41, 5.74) is -1.43. The first-order valence-electron chi connectivity index (χ1n) is 9.19. The summed E-state index contributed by atoms with van der Waals surface area (Å²) in [6.07, 6.45) is 10.6. The minimum absolute atomic E-state index is 0.0264. The third-order valence-electron chi connectivity index (χ3n) is 7.87. The van der Waals surface area contributed by atoms with E-state index in [0.29, 0.717) is 18.8 Å². The Hall–Kier alpha value is -1.52. The van der Waals surface area contributed by atoms with Gasteiger partial charge < -0.3 is 10.2 Å². The lowest BCUT2D eigenvalue weighted by atomic mass is 9.49. The van der Waals surface area contributed by atoms with Crippen LogP contribution in [0.3, 0.4) is 0 Å². The van der Waals surface area contributed by atoms with Crippen LogP contribution in [0.1, 0.15) is 40.0 Å². The maximum absolute atomic E-state index is 12.2. The number of aliphatic hydroxyl groups excluding tert-OH is 1. The minimum Gasteiger partial charge on any atom is -0.390 e. The summed E-state index contributed by atoms with van der Waals surface area (Å²) < 4.78 is 0. The smallest absolute Gasteiger partial charge is 0.178 e. The maximum Gasteiger partial charge on any atom is 0.178 e. The van der Waals surface area contributed by atoms with Crippen molar-refractivity contribution in [3.8, 4) is 0 Å². The summed E-state index contributed by atoms with van der Waals surface area (Å²) in [5.74, 6) is 0.238. The summed E-state index contributed by atoms with van der Waals surface area (Å²) in [4.78, 5) is 24.0. The molecule has 4 heteroatoms. The number of rotatable bonds is 1. The molecule has 0 bridgehead atoms. The molecule has 0 aromatic rings. The van der Waals surface area contributed by atoms with Crippen molar-refractivity contribution in [2.75, 3.05) is 0 Å². The molecule has 2 saturated carbocycles. The van der Waals surface area contributed by atoms with E-state index in [0.717, 1.165) is 12.0 Å². The van der Waals surface area contributed by atoms with Crippen LogP contribution in [0.4, 0.5) is 0 Å². The molecule has 0 spiro atoms. The summed E-state index contributed by atoms with van der Waals surface area (Å²) >= 11 is 0.